The van der Waals surface area contributed by atoms with Crippen LogP contribution in [0.3, 0.4) is 0 Å². The molecule has 1 aliphatic heterocycles. The zero-order valence-electron chi connectivity index (χ0n) is 12.5. The first-order chi connectivity index (χ1) is 10.5. The Kier molecular flexibility index (Phi) is 5.03. The topological polar surface area (TPSA) is 58.2 Å². The predicted molar refractivity (Wildman–Crippen MR) is 76.8 cm³/mol. The van der Waals surface area contributed by atoms with Crippen LogP contribution >= 0.6 is 0 Å². The van der Waals surface area contributed by atoms with Crippen molar-refractivity contribution in [3.8, 4) is 0 Å². The van der Waals surface area contributed by atoms with Crippen molar-refractivity contribution >= 4 is 10.0 Å². The number of piperidine rings is 1. The van der Waals surface area contributed by atoms with Gasteiger partial charge in [-0.3, -0.25) is 0 Å². The molecular formula is C14H18F4N2O2S. The summed E-state index contributed by atoms with van der Waals surface area (Å²) in [6.45, 7) is 3.63. The zero-order valence-corrected chi connectivity index (χ0v) is 13.3. The molecule has 9 heteroatoms. The monoisotopic (exact) mass is 354 g/mol. The summed E-state index contributed by atoms with van der Waals surface area (Å²) in [6.07, 6.45) is -3.31. The standard InChI is InChI=1S/C14H18F4N2O2S/c1-13(4-6-19-7-5-13)9-20-23(21,22)10-2-3-11(12(15)8-10)14(16,17)18/h2-3,8,19-20H,4-7,9H2,1H3. The predicted octanol–water partition coefficient (Wildman–Crippen LogP) is 2.51. The molecule has 0 atom stereocenters. The lowest BCUT2D eigenvalue weighted by atomic mass is 9.81. The number of rotatable bonds is 4. The Morgan fingerprint density at radius 1 is 1.26 bits per heavy atom. The number of sulfonamides is 1. The van der Waals surface area contributed by atoms with E-state index in [1.807, 2.05) is 6.92 Å². The van der Waals surface area contributed by atoms with Gasteiger partial charge in [-0.2, -0.15) is 13.2 Å². The molecule has 23 heavy (non-hydrogen) atoms. The lowest BCUT2D eigenvalue weighted by molar-refractivity contribution is -0.140. The summed E-state index contributed by atoms with van der Waals surface area (Å²) in [7, 11) is -4.06. The van der Waals surface area contributed by atoms with Crippen LogP contribution in [0.15, 0.2) is 23.1 Å². The van der Waals surface area contributed by atoms with Crippen molar-refractivity contribution < 1.29 is 26.0 Å². The van der Waals surface area contributed by atoms with E-state index >= 15 is 0 Å². The van der Waals surface area contributed by atoms with Gasteiger partial charge in [-0.05, 0) is 49.5 Å². The quantitative estimate of drug-likeness (QED) is 0.817. The van der Waals surface area contributed by atoms with E-state index in [1.165, 1.54) is 0 Å². The summed E-state index contributed by atoms with van der Waals surface area (Å²) in [5.41, 5.74) is -1.72. The van der Waals surface area contributed by atoms with E-state index in [0.717, 1.165) is 32.0 Å². The van der Waals surface area contributed by atoms with Crippen molar-refractivity contribution in [2.75, 3.05) is 19.6 Å². The second-order valence-electron chi connectivity index (χ2n) is 6.02. The summed E-state index contributed by atoms with van der Waals surface area (Å²) in [4.78, 5) is -0.513. The molecule has 1 saturated heterocycles. The summed E-state index contributed by atoms with van der Waals surface area (Å²) in [6, 6.07) is 1.60. The van der Waals surface area contributed by atoms with E-state index in [2.05, 4.69) is 10.0 Å². The number of nitrogens with one attached hydrogen (secondary N) is 2. The third kappa shape index (κ3) is 4.42. The fraction of sp³-hybridized carbons (Fsp3) is 0.571. The largest absolute Gasteiger partial charge is 0.419 e. The minimum absolute atomic E-state index is 0.152. The summed E-state index contributed by atoms with van der Waals surface area (Å²) in [5.74, 6) is -1.60. The van der Waals surface area contributed by atoms with Crippen LogP contribution < -0.4 is 10.0 Å². The Morgan fingerprint density at radius 3 is 2.39 bits per heavy atom. The average molecular weight is 354 g/mol. The van der Waals surface area contributed by atoms with Crippen molar-refractivity contribution in [1.82, 2.24) is 10.0 Å². The molecule has 130 valence electrons. The van der Waals surface area contributed by atoms with Gasteiger partial charge < -0.3 is 5.32 Å². The summed E-state index contributed by atoms with van der Waals surface area (Å²) < 4.78 is 77.7. The van der Waals surface area contributed by atoms with Crippen molar-refractivity contribution in [3.05, 3.63) is 29.6 Å². The molecule has 0 aromatic heterocycles. The van der Waals surface area contributed by atoms with Crippen LogP contribution in [0, 0.1) is 11.2 Å². The van der Waals surface area contributed by atoms with Crippen LogP contribution in [0.25, 0.3) is 0 Å². The van der Waals surface area contributed by atoms with Gasteiger partial charge in [0.1, 0.15) is 5.82 Å². The SMILES string of the molecule is CC1(CNS(=O)(=O)c2ccc(C(F)(F)F)c(F)c2)CCNCC1. The maximum absolute atomic E-state index is 13.5. The minimum Gasteiger partial charge on any atom is -0.317 e. The van der Waals surface area contributed by atoms with Gasteiger partial charge in [-0.1, -0.05) is 6.92 Å². The van der Waals surface area contributed by atoms with Gasteiger partial charge in [0.15, 0.2) is 0 Å². The van der Waals surface area contributed by atoms with Crippen LogP contribution in [0.1, 0.15) is 25.3 Å². The van der Waals surface area contributed by atoms with Gasteiger partial charge in [0.25, 0.3) is 0 Å². The van der Waals surface area contributed by atoms with E-state index in [0.29, 0.717) is 12.1 Å². The van der Waals surface area contributed by atoms with Gasteiger partial charge in [0.2, 0.25) is 10.0 Å². The molecule has 1 heterocycles. The highest BCUT2D eigenvalue weighted by Gasteiger charge is 2.35. The van der Waals surface area contributed by atoms with Gasteiger partial charge in [0, 0.05) is 6.54 Å². The molecule has 0 amide bonds. The highest BCUT2D eigenvalue weighted by molar-refractivity contribution is 7.89. The van der Waals surface area contributed by atoms with Gasteiger partial charge in [0.05, 0.1) is 10.5 Å². The van der Waals surface area contributed by atoms with E-state index in [-0.39, 0.29) is 12.0 Å². The normalized spacial score (nSPS) is 18.8. The molecule has 0 unspecified atom stereocenters. The Morgan fingerprint density at radius 2 is 1.87 bits per heavy atom. The molecule has 2 N–H and O–H groups in total. The van der Waals surface area contributed by atoms with Crippen LogP contribution in [0.2, 0.25) is 0 Å². The maximum Gasteiger partial charge on any atom is 0.419 e. The molecule has 4 nitrogen and oxygen atoms in total. The van der Waals surface area contributed by atoms with Crippen LogP contribution in [0.5, 0.6) is 0 Å². The second-order valence-corrected chi connectivity index (χ2v) is 7.79. The first kappa shape index (κ1) is 18.2. The lowest BCUT2D eigenvalue weighted by Gasteiger charge is -2.34. The Bertz CT molecular complexity index is 668. The molecule has 0 radical (unpaired) electrons. The Hall–Kier alpha value is -1.19. The number of benzene rings is 1. The lowest BCUT2D eigenvalue weighted by Crippen LogP contribution is -2.42. The highest BCUT2D eigenvalue weighted by atomic mass is 32.2. The summed E-state index contributed by atoms with van der Waals surface area (Å²) in [5, 5.41) is 3.16. The van der Waals surface area contributed by atoms with E-state index in [4.69, 9.17) is 0 Å². The zero-order chi connectivity index (χ0) is 17.3. The molecule has 1 fully saturated rings. The molecule has 1 aromatic carbocycles. The number of alkyl halides is 3. The van der Waals surface area contributed by atoms with Crippen molar-refractivity contribution in [2.24, 2.45) is 5.41 Å². The van der Waals surface area contributed by atoms with Crippen LogP contribution in [-0.4, -0.2) is 28.1 Å². The Labute approximate surface area is 132 Å². The molecule has 0 bridgehead atoms. The first-order valence-corrected chi connectivity index (χ1v) is 8.59. The van der Waals surface area contributed by atoms with E-state index in [9.17, 15) is 26.0 Å². The van der Waals surface area contributed by atoms with Crippen molar-refractivity contribution in [2.45, 2.75) is 30.8 Å². The Balaban J connectivity index is 2.15. The number of halogens is 4. The van der Waals surface area contributed by atoms with Crippen LogP contribution in [-0.2, 0) is 16.2 Å². The second kappa shape index (κ2) is 6.37. The van der Waals surface area contributed by atoms with Crippen LogP contribution in [0.4, 0.5) is 17.6 Å². The maximum atomic E-state index is 13.5. The van der Waals surface area contributed by atoms with Gasteiger partial charge >= 0.3 is 6.18 Å². The highest BCUT2D eigenvalue weighted by Crippen LogP contribution is 2.32. The molecule has 0 aliphatic carbocycles. The number of hydrogen-bond donors (Lipinski definition) is 2. The minimum atomic E-state index is -4.86. The molecule has 1 aliphatic rings. The smallest absolute Gasteiger partial charge is 0.317 e. The number of hydrogen-bond acceptors (Lipinski definition) is 3. The third-order valence-electron chi connectivity index (χ3n) is 4.06. The van der Waals surface area contributed by atoms with Crippen molar-refractivity contribution in [1.29, 1.82) is 0 Å². The van der Waals surface area contributed by atoms with E-state index < -0.39 is 32.5 Å². The molecule has 1 aromatic rings. The van der Waals surface area contributed by atoms with Gasteiger partial charge in [-0.15, -0.1) is 0 Å². The first-order valence-electron chi connectivity index (χ1n) is 7.11. The molecular weight excluding hydrogens is 336 g/mol. The fourth-order valence-corrected chi connectivity index (χ4v) is 3.66. The van der Waals surface area contributed by atoms with Crippen molar-refractivity contribution in [3.63, 3.8) is 0 Å². The summed E-state index contributed by atoms with van der Waals surface area (Å²) >= 11 is 0. The fourth-order valence-electron chi connectivity index (χ4n) is 2.45. The van der Waals surface area contributed by atoms with E-state index in [1.54, 1.807) is 0 Å². The van der Waals surface area contributed by atoms with Gasteiger partial charge in [-0.25, -0.2) is 17.5 Å². The molecule has 0 spiro atoms. The molecule has 2 rings (SSSR count). The average Bonchev–Trinajstić information content (AvgIpc) is 2.45. The molecule has 0 saturated carbocycles. The third-order valence-corrected chi connectivity index (χ3v) is 5.45.